The largest absolute Gasteiger partial charge is 0.508 e. The van der Waals surface area contributed by atoms with Gasteiger partial charge >= 0.3 is 0 Å². The number of phenols is 1. The molecule has 26 heavy (non-hydrogen) atoms. The van der Waals surface area contributed by atoms with Gasteiger partial charge in [-0.3, -0.25) is 4.57 Å². The molecule has 0 saturated heterocycles. The molecule has 0 atom stereocenters. The number of aromatic hydroxyl groups is 1. The molecule has 0 bridgehead atoms. The summed E-state index contributed by atoms with van der Waals surface area (Å²) in [6.45, 7) is 5.71. The number of hydrogen-bond donors (Lipinski definition) is 2. The van der Waals surface area contributed by atoms with Crippen molar-refractivity contribution < 1.29 is 9.84 Å². The predicted octanol–water partition coefficient (Wildman–Crippen LogP) is 3.31. The molecular weight excluding hydrogens is 445 g/mol. The fourth-order valence-electron chi connectivity index (χ4n) is 3.17. The van der Waals surface area contributed by atoms with E-state index in [0.29, 0.717) is 23.0 Å². The summed E-state index contributed by atoms with van der Waals surface area (Å²) in [6, 6.07) is 7.84. The summed E-state index contributed by atoms with van der Waals surface area (Å²) in [6.07, 6.45) is 1.73. The number of nitrogens with one attached hydrogen (secondary N) is 1. The molecule has 0 unspecified atom stereocenters. The van der Waals surface area contributed by atoms with Crippen molar-refractivity contribution >= 4 is 39.6 Å². The standard InChI is InChI=1S/C18H20IN5O2/c1-18(2)8-10-26-17-21-13-14(22-16(19)23-15(13)24(17)18)20-9-7-11-3-5-12(25)6-4-11/h3-6,25H,7-10H2,1-2H3,(H,20,22,23). The van der Waals surface area contributed by atoms with Crippen LogP contribution in [0.5, 0.6) is 11.8 Å². The van der Waals surface area contributed by atoms with Gasteiger partial charge in [0.1, 0.15) is 5.75 Å². The Morgan fingerprint density at radius 1 is 1.23 bits per heavy atom. The van der Waals surface area contributed by atoms with Crippen molar-refractivity contribution in [2.24, 2.45) is 0 Å². The second kappa shape index (κ2) is 6.57. The monoisotopic (exact) mass is 465 g/mol. The van der Waals surface area contributed by atoms with E-state index in [0.717, 1.165) is 35.4 Å². The fraction of sp³-hybridized carbons (Fsp3) is 0.389. The molecular formula is C18H20IN5O2. The van der Waals surface area contributed by atoms with Crippen LogP contribution in [-0.2, 0) is 12.0 Å². The number of ether oxygens (including phenoxy) is 1. The van der Waals surface area contributed by atoms with Crippen LogP contribution in [0.25, 0.3) is 11.2 Å². The Bertz CT molecular complexity index is 952. The van der Waals surface area contributed by atoms with Crippen LogP contribution in [0.3, 0.4) is 0 Å². The minimum atomic E-state index is -0.0942. The smallest absolute Gasteiger partial charge is 0.299 e. The third-order valence-electron chi connectivity index (χ3n) is 4.64. The number of anilines is 1. The molecule has 2 aromatic heterocycles. The number of rotatable bonds is 4. The van der Waals surface area contributed by atoms with Gasteiger partial charge in [0.15, 0.2) is 20.8 Å². The van der Waals surface area contributed by atoms with E-state index < -0.39 is 0 Å². The summed E-state index contributed by atoms with van der Waals surface area (Å²) < 4.78 is 8.50. The van der Waals surface area contributed by atoms with E-state index in [9.17, 15) is 5.11 Å². The molecule has 1 aliphatic heterocycles. The normalized spacial score (nSPS) is 15.5. The topological polar surface area (TPSA) is 85.1 Å². The number of aromatic nitrogens is 4. The highest BCUT2D eigenvalue weighted by atomic mass is 127. The van der Waals surface area contributed by atoms with E-state index >= 15 is 0 Å². The van der Waals surface area contributed by atoms with Crippen molar-refractivity contribution in [1.82, 2.24) is 19.5 Å². The van der Waals surface area contributed by atoms with Gasteiger partial charge in [0.05, 0.1) is 6.61 Å². The van der Waals surface area contributed by atoms with E-state index in [1.807, 2.05) is 12.1 Å². The van der Waals surface area contributed by atoms with Crippen LogP contribution in [0.2, 0.25) is 0 Å². The van der Waals surface area contributed by atoms with Crippen LogP contribution in [0.1, 0.15) is 25.8 Å². The number of hydrogen-bond acceptors (Lipinski definition) is 6. The van der Waals surface area contributed by atoms with Gasteiger partial charge in [0.25, 0.3) is 6.01 Å². The lowest BCUT2D eigenvalue weighted by Gasteiger charge is -2.32. The van der Waals surface area contributed by atoms with Crippen molar-refractivity contribution in [3.8, 4) is 11.8 Å². The molecule has 1 aliphatic rings. The Kier molecular flexibility index (Phi) is 4.37. The van der Waals surface area contributed by atoms with Crippen LogP contribution < -0.4 is 10.1 Å². The van der Waals surface area contributed by atoms with E-state index in [1.54, 1.807) is 12.1 Å². The van der Waals surface area contributed by atoms with Gasteiger partial charge in [0.2, 0.25) is 0 Å². The number of fused-ring (bicyclic) bond motifs is 3. The maximum atomic E-state index is 9.38. The molecule has 136 valence electrons. The number of halogens is 1. The summed E-state index contributed by atoms with van der Waals surface area (Å²) in [4.78, 5) is 13.8. The molecule has 0 fully saturated rings. The van der Waals surface area contributed by atoms with Crippen LogP contribution in [-0.4, -0.2) is 37.8 Å². The first-order valence-electron chi connectivity index (χ1n) is 8.55. The zero-order valence-corrected chi connectivity index (χ0v) is 16.8. The molecule has 3 aromatic rings. The summed E-state index contributed by atoms with van der Waals surface area (Å²) in [5.41, 5.74) is 2.59. The van der Waals surface area contributed by atoms with Crippen molar-refractivity contribution in [2.75, 3.05) is 18.5 Å². The number of benzene rings is 1. The Balaban J connectivity index is 1.63. The third kappa shape index (κ3) is 3.17. The van der Waals surface area contributed by atoms with Crippen LogP contribution in [0.4, 0.5) is 5.82 Å². The Morgan fingerprint density at radius 2 is 2.00 bits per heavy atom. The first kappa shape index (κ1) is 17.3. The maximum Gasteiger partial charge on any atom is 0.299 e. The molecule has 7 nitrogen and oxygen atoms in total. The van der Waals surface area contributed by atoms with Crippen LogP contribution in [0, 0.1) is 3.83 Å². The molecule has 4 rings (SSSR count). The number of phenolic OH excluding ortho intramolecular Hbond substituents is 1. The molecule has 0 amide bonds. The van der Waals surface area contributed by atoms with Gasteiger partial charge < -0.3 is 15.2 Å². The van der Waals surface area contributed by atoms with Crippen molar-refractivity contribution in [3.63, 3.8) is 0 Å². The zero-order chi connectivity index (χ0) is 18.3. The van der Waals surface area contributed by atoms with Gasteiger partial charge in [-0.2, -0.15) is 4.98 Å². The quantitative estimate of drug-likeness (QED) is 0.455. The molecule has 0 aliphatic carbocycles. The van der Waals surface area contributed by atoms with Crippen molar-refractivity contribution in [1.29, 1.82) is 0 Å². The Hall–Kier alpha value is -2.10. The number of nitrogens with zero attached hydrogens (tertiary/aromatic N) is 4. The fourth-order valence-corrected chi connectivity index (χ4v) is 3.64. The molecule has 3 heterocycles. The SMILES string of the molecule is CC1(C)CCOc2nc3c(NCCc4ccc(O)cc4)nc(I)nc3n21. The second-order valence-electron chi connectivity index (χ2n) is 7.00. The van der Waals surface area contributed by atoms with Crippen LogP contribution in [0.15, 0.2) is 24.3 Å². The summed E-state index contributed by atoms with van der Waals surface area (Å²) in [7, 11) is 0. The molecule has 2 N–H and O–H groups in total. The van der Waals surface area contributed by atoms with Crippen molar-refractivity contribution in [3.05, 3.63) is 33.7 Å². The highest BCUT2D eigenvalue weighted by molar-refractivity contribution is 14.1. The molecule has 0 spiro atoms. The molecule has 8 heteroatoms. The minimum Gasteiger partial charge on any atom is -0.508 e. The highest BCUT2D eigenvalue weighted by Gasteiger charge is 2.33. The molecule has 1 aromatic carbocycles. The third-order valence-corrected chi connectivity index (χ3v) is 5.12. The first-order chi connectivity index (χ1) is 12.4. The zero-order valence-electron chi connectivity index (χ0n) is 14.7. The lowest BCUT2D eigenvalue weighted by molar-refractivity contribution is 0.151. The lowest BCUT2D eigenvalue weighted by atomic mass is 10.0. The summed E-state index contributed by atoms with van der Waals surface area (Å²) in [5, 5.41) is 12.8. The van der Waals surface area contributed by atoms with Gasteiger partial charge in [-0.05, 0) is 38.0 Å². The Morgan fingerprint density at radius 3 is 2.77 bits per heavy atom. The minimum absolute atomic E-state index is 0.0942. The van der Waals surface area contributed by atoms with E-state index in [4.69, 9.17) is 4.74 Å². The van der Waals surface area contributed by atoms with Gasteiger partial charge in [-0.15, -0.1) is 0 Å². The second-order valence-corrected chi connectivity index (χ2v) is 7.96. The maximum absolute atomic E-state index is 9.38. The lowest BCUT2D eigenvalue weighted by Crippen LogP contribution is -2.33. The first-order valence-corrected chi connectivity index (χ1v) is 9.63. The average molecular weight is 465 g/mol. The average Bonchev–Trinajstić information content (AvgIpc) is 2.96. The van der Waals surface area contributed by atoms with Crippen LogP contribution >= 0.6 is 22.6 Å². The Labute approximate surface area is 165 Å². The van der Waals surface area contributed by atoms with Gasteiger partial charge in [0, 0.05) is 41.1 Å². The van der Waals surface area contributed by atoms with Crippen molar-refractivity contribution in [2.45, 2.75) is 32.2 Å². The van der Waals surface area contributed by atoms with Gasteiger partial charge in [-0.25, -0.2) is 9.97 Å². The predicted molar refractivity (Wildman–Crippen MR) is 108 cm³/mol. The van der Waals surface area contributed by atoms with E-state index in [-0.39, 0.29) is 11.3 Å². The van der Waals surface area contributed by atoms with E-state index in [1.165, 1.54) is 0 Å². The summed E-state index contributed by atoms with van der Waals surface area (Å²) in [5.74, 6) is 0.999. The highest BCUT2D eigenvalue weighted by Crippen LogP contribution is 2.36. The molecule has 0 radical (unpaired) electrons. The summed E-state index contributed by atoms with van der Waals surface area (Å²) >= 11 is 2.13. The molecule has 0 saturated carbocycles. The van der Waals surface area contributed by atoms with E-state index in [2.05, 4.69) is 61.3 Å². The number of imidazole rings is 1. The van der Waals surface area contributed by atoms with Gasteiger partial charge in [-0.1, -0.05) is 12.1 Å².